The van der Waals surface area contributed by atoms with Crippen LogP contribution in [-0.4, -0.2) is 51.5 Å². The fourth-order valence-electron chi connectivity index (χ4n) is 2.01. The van der Waals surface area contributed by atoms with Crippen molar-refractivity contribution in [1.29, 1.82) is 0 Å². The van der Waals surface area contributed by atoms with Gasteiger partial charge in [0.2, 0.25) is 5.91 Å². The number of hydrazine groups is 1. The molecule has 0 saturated heterocycles. The van der Waals surface area contributed by atoms with Crippen molar-refractivity contribution in [1.82, 2.24) is 10.0 Å². The highest BCUT2D eigenvalue weighted by Crippen LogP contribution is 2.23. The quantitative estimate of drug-likeness (QED) is 0.284. The van der Waals surface area contributed by atoms with Crippen molar-refractivity contribution in [3.8, 4) is 0 Å². The van der Waals surface area contributed by atoms with Gasteiger partial charge in [-0.1, -0.05) is 20.8 Å². The van der Waals surface area contributed by atoms with Crippen LogP contribution in [0.5, 0.6) is 0 Å². The molecule has 1 unspecified atom stereocenters. The first-order valence-electron chi connectivity index (χ1n) is 7.25. The second-order valence-corrected chi connectivity index (χ2v) is 5.23. The van der Waals surface area contributed by atoms with Gasteiger partial charge in [0.05, 0.1) is 6.61 Å². The first-order valence-corrected chi connectivity index (χ1v) is 7.25. The Bertz CT molecular complexity index is 347. The number of rotatable bonds is 10. The van der Waals surface area contributed by atoms with Crippen LogP contribution in [-0.2, 0) is 9.63 Å². The molecule has 0 aliphatic rings. The summed E-state index contributed by atoms with van der Waals surface area (Å²) in [7, 11) is 0. The Kier molecular flexibility index (Phi) is 8.19. The second-order valence-electron chi connectivity index (χ2n) is 5.23. The van der Waals surface area contributed by atoms with Crippen LogP contribution in [0.1, 0.15) is 47.5 Å². The van der Waals surface area contributed by atoms with Crippen LogP contribution in [0.2, 0.25) is 0 Å². The van der Waals surface area contributed by atoms with Crippen molar-refractivity contribution in [3.63, 3.8) is 0 Å². The number of carbonyl (C=O) groups is 1. The largest absolute Gasteiger partial charge is 0.374 e. The van der Waals surface area contributed by atoms with E-state index in [0.717, 1.165) is 0 Å². The zero-order valence-corrected chi connectivity index (χ0v) is 13.5. The monoisotopic (exact) mass is 305 g/mol. The smallest absolute Gasteiger partial charge is 0.294 e. The molecule has 0 aromatic heterocycles. The summed E-state index contributed by atoms with van der Waals surface area (Å²) in [4.78, 5) is 26.5. The molecule has 0 aliphatic carbocycles. The molecule has 124 valence electrons. The molecule has 1 amide bonds. The Labute approximate surface area is 125 Å². The summed E-state index contributed by atoms with van der Waals surface area (Å²) in [6.45, 7) is 9.92. The predicted molar refractivity (Wildman–Crippen MR) is 77.4 cm³/mol. The Hall–Kier alpha value is -1.41. The summed E-state index contributed by atoms with van der Waals surface area (Å²) in [5, 5.41) is 22.9. The van der Waals surface area contributed by atoms with Crippen molar-refractivity contribution in [2.45, 2.75) is 53.2 Å². The molecular weight excluding hydrogens is 278 g/mol. The minimum Gasteiger partial charge on any atom is -0.374 e. The minimum atomic E-state index is -1.14. The highest BCUT2D eigenvalue weighted by Gasteiger charge is 2.36. The van der Waals surface area contributed by atoms with Crippen LogP contribution in [0, 0.1) is 16.0 Å². The molecule has 0 aromatic carbocycles. The van der Waals surface area contributed by atoms with Crippen molar-refractivity contribution in [3.05, 3.63) is 10.1 Å². The Morgan fingerprint density at radius 1 is 1.38 bits per heavy atom. The topological polar surface area (TPSA) is 96.2 Å². The van der Waals surface area contributed by atoms with Gasteiger partial charge in [-0.05, 0) is 26.2 Å². The molecule has 0 bridgehead atoms. The zero-order valence-electron chi connectivity index (χ0n) is 13.5. The average Bonchev–Trinajstić information content (AvgIpc) is 2.39. The summed E-state index contributed by atoms with van der Waals surface area (Å²) < 4.78 is 0. The highest BCUT2D eigenvalue weighted by molar-refractivity contribution is 5.75. The molecule has 0 fully saturated rings. The molecule has 0 spiro atoms. The maximum absolute atomic E-state index is 12.2. The van der Waals surface area contributed by atoms with Gasteiger partial charge in [-0.3, -0.25) is 9.80 Å². The van der Waals surface area contributed by atoms with E-state index in [4.69, 9.17) is 0 Å². The molecule has 0 aromatic rings. The summed E-state index contributed by atoms with van der Waals surface area (Å²) in [6, 6.07) is 0. The molecule has 8 nitrogen and oxygen atoms in total. The number of hydrogen-bond acceptors (Lipinski definition) is 6. The van der Waals surface area contributed by atoms with Gasteiger partial charge in [0.1, 0.15) is 5.72 Å². The molecule has 0 aliphatic heterocycles. The number of aliphatic hydroxyl groups is 1. The first-order chi connectivity index (χ1) is 9.68. The number of hydrogen-bond donors (Lipinski definition) is 1. The molecule has 1 atom stereocenters. The molecule has 21 heavy (non-hydrogen) atoms. The van der Waals surface area contributed by atoms with Gasteiger partial charge in [-0.15, -0.1) is 10.1 Å². The molecule has 0 saturated carbocycles. The third-order valence-electron chi connectivity index (χ3n) is 3.53. The summed E-state index contributed by atoms with van der Waals surface area (Å²) >= 11 is 0. The van der Waals surface area contributed by atoms with E-state index in [0.29, 0.717) is 13.1 Å². The van der Waals surface area contributed by atoms with E-state index in [2.05, 4.69) is 4.84 Å². The van der Waals surface area contributed by atoms with Gasteiger partial charge in [0.25, 0.3) is 5.09 Å². The predicted octanol–water partition coefficient (Wildman–Crippen LogP) is 1.42. The number of nitrogens with zero attached hydrogens (tertiary/aromatic N) is 3. The van der Waals surface area contributed by atoms with Crippen LogP contribution in [0.25, 0.3) is 0 Å². The third-order valence-corrected chi connectivity index (χ3v) is 3.53. The summed E-state index contributed by atoms with van der Waals surface area (Å²) in [6.07, 6.45) is 0.393. The maximum Gasteiger partial charge on any atom is 0.294 e. The standard InChI is InChI=1S/C13H27N3O5/c1-6-14(12(17)9-8-10-21-16(19)20)15(7-2)13(5,18)11(3)4/h11,18H,6-10H2,1-5H3. The van der Waals surface area contributed by atoms with Crippen molar-refractivity contribution >= 4 is 5.91 Å². The van der Waals surface area contributed by atoms with Gasteiger partial charge in [-0.2, -0.15) is 5.01 Å². The van der Waals surface area contributed by atoms with Crippen LogP contribution < -0.4 is 0 Å². The lowest BCUT2D eigenvalue weighted by Crippen LogP contribution is -2.60. The van der Waals surface area contributed by atoms with Crippen LogP contribution >= 0.6 is 0 Å². The van der Waals surface area contributed by atoms with Crippen molar-refractivity contribution in [2.75, 3.05) is 19.7 Å². The normalized spacial score (nSPS) is 14.1. The molecule has 0 rings (SSSR count). The van der Waals surface area contributed by atoms with Crippen LogP contribution in [0.15, 0.2) is 0 Å². The lowest BCUT2D eigenvalue weighted by Gasteiger charge is -2.45. The van der Waals surface area contributed by atoms with Gasteiger partial charge in [-0.25, -0.2) is 0 Å². The summed E-state index contributed by atoms with van der Waals surface area (Å²) in [5.41, 5.74) is -1.14. The summed E-state index contributed by atoms with van der Waals surface area (Å²) in [5.74, 6) is -0.246. The average molecular weight is 305 g/mol. The SMILES string of the molecule is CCN(C(=O)CCCO[N+](=O)[O-])N(CC)C(C)(O)C(C)C. The molecule has 0 radical (unpaired) electrons. The molecule has 8 heteroatoms. The van der Waals surface area contributed by atoms with E-state index in [-0.39, 0.29) is 31.3 Å². The minimum absolute atomic E-state index is 0.0582. The van der Waals surface area contributed by atoms with Crippen molar-refractivity contribution < 1.29 is 19.8 Å². The molecule has 1 N–H and O–H groups in total. The van der Waals surface area contributed by atoms with Crippen molar-refractivity contribution in [2.24, 2.45) is 5.92 Å². The zero-order chi connectivity index (χ0) is 16.6. The van der Waals surface area contributed by atoms with E-state index >= 15 is 0 Å². The van der Waals surface area contributed by atoms with Gasteiger partial charge in [0, 0.05) is 19.5 Å². The highest BCUT2D eigenvalue weighted by atomic mass is 16.9. The second kappa shape index (κ2) is 8.78. The van der Waals surface area contributed by atoms with E-state index < -0.39 is 10.8 Å². The lowest BCUT2D eigenvalue weighted by molar-refractivity contribution is -0.757. The molecular formula is C13H27N3O5. The Morgan fingerprint density at radius 3 is 2.33 bits per heavy atom. The van der Waals surface area contributed by atoms with Crippen LogP contribution in [0.3, 0.4) is 0 Å². The maximum atomic E-state index is 12.2. The fraction of sp³-hybridized carbons (Fsp3) is 0.923. The van der Waals surface area contributed by atoms with Gasteiger partial charge >= 0.3 is 0 Å². The fourth-order valence-corrected chi connectivity index (χ4v) is 2.01. The van der Waals surface area contributed by atoms with Crippen LogP contribution in [0.4, 0.5) is 0 Å². The van der Waals surface area contributed by atoms with Gasteiger partial charge in [0.15, 0.2) is 0 Å². The first kappa shape index (κ1) is 19.6. The van der Waals surface area contributed by atoms with E-state index in [9.17, 15) is 20.0 Å². The van der Waals surface area contributed by atoms with E-state index in [1.807, 2.05) is 27.7 Å². The Morgan fingerprint density at radius 2 is 1.95 bits per heavy atom. The van der Waals surface area contributed by atoms with E-state index in [1.54, 1.807) is 11.9 Å². The van der Waals surface area contributed by atoms with E-state index in [1.165, 1.54) is 5.01 Å². The molecule has 0 heterocycles. The lowest BCUT2D eigenvalue weighted by atomic mass is 10.0. The third kappa shape index (κ3) is 5.84. The Balaban J connectivity index is 4.71. The number of amides is 1. The van der Waals surface area contributed by atoms with Gasteiger partial charge < -0.3 is 9.94 Å². The number of carbonyl (C=O) groups excluding carboxylic acids is 1.